The normalized spacial score (nSPS) is 11.0. The molecule has 0 N–H and O–H groups in total. The lowest BCUT2D eigenvalue weighted by molar-refractivity contribution is -0.389. The minimum Gasteiger partial charge on any atom is -0.289 e. The second-order valence-corrected chi connectivity index (χ2v) is 5.45. The van der Waals surface area contributed by atoms with Crippen molar-refractivity contribution < 1.29 is 14.6 Å². The lowest BCUT2D eigenvalue weighted by Gasteiger charge is -1.96. The lowest BCUT2D eigenvalue weighted by atomic mass is 10.1. The summed E-state index contributed by atoms with van der Waals surface area (Å²) in [5.74, 6) is 0.149. The van der Waals surface area contributed by atoms with E-state index in [4.69, 9.17) is 0 Å². The van der Waals surface area contributed by atoms with E-state index in [0.29, 0.717) is 0 Å². The third-order valence-electron chi connectivity index (χ3n) is 3.90. The van der Waals surface area contributed by atoms with Crippen LogP contribution in [0, 0.1) is 20.2 Å². The fourth-order valence-corrected chi connectivity index (χ4v) is 2.67. The molecule has 0 aromatic heterocycles. The van der Waals surface area contributed by atoms with Gasteiger partial charge in [0.05, 0.1) is 9.85 Å². The molecular weight excluding hydrogens is 336 g/mol. The number of fused-ring (bicyclic) bond motifs is 3. The van der Waals surface area contributed by atoms with Gasteiger partial charge in [0.15, 0.2) is 5.78 Å². The minimum atomic E-state index is -0.607. The Morgan fingerprint density at radius 2 is 0.846 bits per heavy atom. The van der Waals surface area contributed by atoms with Crippen LogP contribution in [0.25, 0.3) is 11.1 Å². The molecule has 0 unspecified atom stereocenters. The maximum Gasteiger partial charge on any atom is 0.269 e. The molecule has 0 amide bonds. The predicted octanol–water partition coefficient (Wildman–Crippen LogP) is 4.40. The summed E-state index contributed by atoms with van der Waals surface area (Å²) in [6, 6.07) is 19.9. The summed E-state index contributed by atoms with van der Waals surface area (Å²) < 4.78 is 0. The van der Waals surface area contributed by atoms with Crippen molar-refractivity contribution in [1.29, 1.82) is 0 Å². The van der Waals surface area contributed by atoms with Gasteiger partial charge in [0, 0.05) is 35.4 Å². The highest BCUT2D eigenvalue weighted by molar-refractivity contribution is 6.21. The minimum absolute atomic E-state index is 0.149. The number of benzene rings is 3. The Morgan fingerprint density at radius 3 is 1.15 bits per heavy atom. The first-order chi connectivity index (χ1) is 12.5. The molecule has 7 nitrogen and oxygen atoms in total. The van der Waals surface area contributed by atoms with Crippen molar-refractivity contribution in [2.45, 2.75) is 0 Å². The number of ketones is 1. The van der Waals surface area contributed by atoms with Crippen molar-refractivity contribution >= 4 is 17.2 Å². The van der Waals surface area contributed by atoms with Crippen molar-refractivity contribution in [2.24, 2.45) is 0 Å². The number of carbonyl (C=O) groups excluding carboxylic acids is 1. The van der Waals surface area contributed by atoms with Gasteiger partial charge in [-0.2, -0.15) is 0 Å². The summed E-state index contributed by atoms with van der Waals surface area (Å²) in [5.41, 5.74) is 3.48. The smallest absolute Gasteiger partial charge is 0.269 e. The average molecular weight is 348 g/mol. The summed E-state index contributed by atoms with van der Waals surface area (Å²) in [6.45, 7) is 0. The number of nitro benzene ring substituents is 2. The van der Waals surface area contributed by atoms with E-state index in [1.165, 1.54) is 0 Å². The van der Waals surface area contributed by atoms with Gasteiger partial charge in [-0.3, -0.25) is 25.0 Å². The Kier molecular flexibility index (Phi) is 4.53. The van der Waals surface area contributed by atoms with Crippen LogP contribution in [0.1, 0.15) is 15.9 Å². The van der Waals surface area contributed by atoms with Crippen LogP contribution in [0.5, 0.6) is 0 Å². The van der Waals surface area contributed by atoms with E-state index in [1.54, 1.807) is 0 Å². The van der Waals surface area contributed by atoms with Crippen molar-refractivity contribution in [1.82, 2.24) is 0 Å². The molecule has 0 heterocycles. The van der Waals surface area contributed by atoms with E-state index in [0.717, 1.165) is 46.5 Å². The predicted molar refractivity (Wildman–Crippen MR) is 95.1 cm³/mol. The molecule has 0 bridgehead atoms. The molecule has 3 aromatic rings. The van der Waals surface area contributed by atoms with E-state index in [2.05, 4.69) is 0 Å². The number of non-ortho nitro benzene ring substituents is 2. The average Bonchev–Trinajstić information content (AvgIpc) is 2.96. The monoisotopic (exact) mass is 348 g/mol. The molecule has 7 heteroatoms. The highest BCUT2D eigenvalue weighted by Crippen LogP contribution is 2.35. The molecule has 1 aliphatic rings. The summed E-state index contributed by atoms with van der Waals surface area (Å²) in [7, 11) is 0. The van der Waals surface area contributed by atoms with Crippen LogP contribution >= 0.6 is 0 Å². The van der Waals surface area contributed by atoms with Crippen LogP contribution in [0.2, 0.25) is 0 Å². The first kappa shape index (κ1) is 17.0. The van der Waals surface area contributed by atoms with Crippen LogP contribution in [0.15, 0.2) is 72.8 Å². The SMILES string of the molecule is O=C1c2ccccc2-c2ccccc21.O=[N+]([O-])c1ccc([N+](=O)[O-])cc1. The molecule has 0 saturated heterocycles. The van der Waals surface area contributed by atoms with Gasteiger partial charge >= 0.3 is 0 Å². The van der Waals surface area contributed by atoms with Gasteiger partial charge in [-0.05, 0) is 11.1 Å². The summed E-state index contributed by atoms with van der Waals surface area (Å²) in [5, 5.41) is 20.2. The second-order valence-electron chi connectivity index (χ2n) is 5.45. The van der Waals surface area contributed by atoms with Crippen LogP contribution in [-0.4, -0.2) is 15.6 Å². The molecule has 0 fully saturated rings. The van der Waals surface area contributed by atoms with Crippen LogP contribution in [-0.2, 0) is 0 Å². The number of rotatable bonds is 2. The van der Waals surface area contributed by atoms with Gasteiger partial charge in [0.1, 0.15) is 0 Å². The van der Waals surface area contributed by atoms with E-state index in [9.17, 15) is 25.0 Å². The Balaban J connectivity index is 0.000000153. The number of nitro groups is 2. The topological polar surface area (TPSA) is 103 Å². The van der Waals surface area contributed by atoms with Gasteiger partial charge in [-0.25, -0.2) is 0 Å². The van der Waals surface area contributed by atoms with Gasteiger partial charge in [-0.15, -0.1) is 0 Å². The van der Waals surface area contributed by atoms with Crippen molar-refractivity contribution in [3.05, 3.63) is 104 Å². The first-order valence-corrected chi connectivity index (χ1v) is 7.61. The zero-order valence-corrected chi connectivity index (χ0v) is 13.4. The number of nitrogens with zero attached hydrogens (tertiary/aromatic N) is 2. The second kappa shape index (κ2) is 6.94. The molecule has 4 rings (SSSR count). The van der Waals surface area contributed by atoms with Gasteiger partial charge in [0.2, 0.25) is 0 Å². The molecule has 1 aliphatic carbocycles. The molecule has 0 saturated carbocycles. The Labute approximate surface area is 147 Å². The lowest BCUT2D eigenvalue weighted by Crippen LogP contribution is -1.93. The highest BCUT2D eigenvalue weighted by atomic mass is 16.6. The fourth-order valence-electron chi connectivity index (χ4n) is 2.67. The molecular formula is C19H12N2O5. The number of hydrogen-bond donors (Lipinski definition) is 0. The third kappa shape index (κ3) is 3.18. The van der Waals surface area contributed by atoms with Crippen LogP contribution in [0.4, 0.5) is 11.4 Å². The quantitative estimate of drug-likeness (QED) is 0.394. The maximum absolute atomic E-state index is 11.9. The Bertz CT molecular complexity index is 932. The molecule has 0 spiro atoms. The van der Waals surface area contributed by atoms with E-state index >= 15 is 0 Å². The van der Waals surface area contributed by atoms with Gasteiger partial charge in [-0.1, -0.05) is 48.5 Å². The highest BCUT2D eigenvalue weighted by Gasteiger charge is 2.24. The summed E-state index contributed by atoms with van der Waals surface area (Å²) in [6.07, 6.45) is 0. The van der Waals surface area contributed by atoms with E-state index in [-0.39, 0.29) is 17.2 Å². The molecule has 128 valence electrons. The van der Waals surface area contributed by atoms with E-state index < -0.39 is 9.85 Å². The first-order valence-electron chi connectivity index (χ1n) is 7.61. The van der Waals surface area contributed by atoms with E-state index in [1.807, 2.05) is 48.5 Å². The standard InChI is InChI=1S/C13H8O.C6H4N2O4/c14-13-11-7-3-1-5-9(11)10-6-2-4-8-12(10)13;9-7(10)5-1-2-6(4-3-5)8(11)12/h1-8H;1-4H. The Morgan fingerprint density at radius 1 is 0.538 bits per heavy atom. The zero-order valence-electron chi connectivity index (χ0n) is 13.4. The van der Waals surface area contributed by atoms with Gasteiger partial charge in [0.25, 0.3) is 11.4 Å². The molecule has 0 aliphatic heterocycles. The van der Waals surface area contributed by atoms with Crippen LogP contribution in [0.3, 0.4) is 0 Å². The molecule has 26 heavy (non-hydrogen) atoms. The van der Waals surface area contributed by atoms with Gasteiger partial charge < -0.3 is 0 Å². The Hall–Kier alpha value is -3.87. The third-order valence-corrected chi connectivity index (χ3v) is 3.90. The number of carbonyl (C=O) groups is 1. The van der Waals surface area contributed by atoms with Crippen LogP contribution < -0.4 is 0 Å². The number of hydrogen-bond acceptors (Lipinski definition) is 5. The zero-order chi connectivity index (χ0) is 18.7. The summed E-state index contributed by atoms with van der Waals surface area (Å²) >= 11 is 0. The molecule has 0 radical (unpaired) electrons. The molecule has 3 aromatic carbocycles. The largest absolute Gasteiger partial charge is 0.289 e. The fraction of sp³-hybridized carbons (Fsp3) is 0. The maximum atomic E-state index is 11.9. The van der Waals surface area contributed by atoms with Crippen molar-refractivity contribution in [3.8, 4) is 11.1 Å². The van der Waals surface area contributed by atoms with Crippen molar-refractivity contribution in [3.63, 3.8) is 0 Å². The summed E-state index contributed by atoms with van der Waals surface area (Å²) in [4.78, 5) is 30.9. The van der Waals surface area contributed by atoms with Crippen molar-refractivity contribution in [2.75, 3.05) is 0 Å². The molecule has 0 atom stereocenters.